The zero-order valence-corrected chi connectivity index (χ0v) is 17.9. The maximum atomic E-state index is 14.3. The molecule has 0 unspecified atom stereocenters. The zero-order valence-electron chi connectivity index (χ0n) is 17.1. The summed E-state index contributed by atoms with van der Waals surface area (Å²) in [6, 6.07) is 11.0. The van der Waals surface area contributed by atoms with E-state index in [1.807, 2.05) is 31.2 Å². The molecule has 0 radical (unpaired) electrons. The molecule has 0 aromatic heterocycles. The van der Waals surface area contributed by atoms with Crippen molar-refractivity contribution in [2.24, 2.45) is 0 Å². The molecular formula is C22H28FN3O2S. The highest BCUT2D eigenvalue weighted by Gasteiger charge is 2.29. The Kier molecular flexibility index (Phi) is 7.28. The van der Waals surface area contributed by atoms with Crippen LogP contribution in [0.4, 0.5) is 4.39 Å². The number of rotatable bonds is 7. The van der Waals surface area contributed by atoms with Gasteiger partial charge in [-0.15, -0.1) is 0 Å². The Hall–Kier alpha value is -2.38. The molecule has 0 saturated heterocycles. The quantitative estimate of drug-likeness (QED) is 0.673. The lowest BCUT2D eigenvalue weighted by Crippen LogP contribution is -2.44. The van der Waals surface area contributed by atoms with E-state index in [0.717, 1.165) is 30.8 Å². The van der Waals surface area contributed by atoms with Crippen molar-refractivity contribution in [2.45, 2.75) is 25.9 Å². The number of hydrogen-bond donors (Lipinski definition) is 2. The summed E-state index contributed by atoms with van der Waals surface area (Å²) in [5.41, 5.74) is 3.06. The Morgan fingerprint density at radius 2 is 1.90 bits per heavy atom. The Balaban J connectivity index is 1.92. The van der Waals surface area contributed by atoms with E-state index in [1.54, 1.807) is 20.3 Å². The van der Waals surface area contributed by atoms with Crippen LogP contribution in [0.2, 0.25) is 0 Å². The van der Waals surface area contributed by atoms with Crippen LogP contribution in [0.25, 0.3) is 0 Å². The van der Waals surface area contributed by atoms with Crippen molar-refractivity contribution in [3.05, 3.63) is 58.9 Å². The highest BCUT2D eigenvalue weighted by molar-refractivity contribution is 7.80. The lowest BCUT2D eigenvalue weighted by atomic mass is 9.91. The van der Waals surface area contributed by atoms with E-state index in [0.29, 0.717) is 29.5 Å². The summed E-state index contributed by atoms with van der Waals surface area (Å²) >= 11 is 5.35. The lowest BCUT2D eigenvalue weighted by Gasteiger charge is -2.38. The third-order valence-corrected chi connectivity index (χ3v) is 5.53. The van der Waals surface area contributed by atoms with Gasteiger partial charge in [-0.2, -0.15) is 0 Å². The molecule has 5 nitrogen and oxygen atoms in total. The predicted molar refractivity (Wildman–Crippen MR) is 117 cm³/mol. The topological polar surface area (TPSA) is 45.8 Å². The maximum absolute atomic E-state index is 14.3. The van der Waals surface area contributed by atoms with Gasteiger partial charge in [0.15, 0.2) is 16.6 Å². The Labute approximate surface area is 177 Å². The second-order valence-electron chi connectivity index (χ2n) is 6.97. The summed E-state index contributed by atoms with van der Waals surface area (Å²) in [4.78, 5) is 2.29. The highest BCUT2D eigenvalue weighted by Crippen LogP contribution is 2.38. The molecule has 2 N–H and O–H groups in total. The van der Waals surface area contributed by atoms with E-state index in [-0.39, 0.29) is 11.9 Å². The molecule has 0 spiro atoms. The van der Waals surface area contributed by atoms with Gasteiger partial charge < -0.3 is 20.1 Å². The Morgan fingerprint density at radius 3 is 2.59 bits per heavy atom. The number of nitrogens with one attached hydrogen (secondary N) is 2. The van der Waals surface area contributed by atoms with Gasteiger partial charge in [-0.3, -0.25) is 4.90 Å². The first kappa shape index (κ1) is 21.3. The first-order valence-corrected chi connectivity index (χ1v) is 10.2. The Morgan fingerprint density at radius 1 is 1.17 bits per heavy atom. The van der Waals surface area contributed by atoms with Crippen LogP contribution in [0.15, 0.2) is 36.4 Å². The standard InChI is InChI=1S/C22H28FN3O2S/c1-4-24-22(29)25-13-19-17-12-21(28-3)20(27-2)11-15(17)9-10-26(19)14-16-7-5-6-8-18(16)23/h5-8,11-12,19H,4,9-10,13-14H2,1-3H3,(H2,24,25,29)/t19-/m0/s1. The average Bonchev–Trinajstić information content (AvgIpc) is 2.73. The first-order chi connectivity index (χ1) is 14.1. The van der Waals surface area contributed by atoms with Gasteiger partial charge in [-0.1, -0.05) is 18.2 Å². The summed E-state index contributed by atoms with van der Waals surface area (Å²) in [7, 11) is 3.28. The van der Waals surface area contributed by atoms with Crippen LogP contribution < -0.4 is 20.1 Å². The normalized spacial score (nSPS) is 16.1. The minimum atomic E-state index is -0.180. The third-order valence-electron chi connectivity index (χ3n) is 5.24. The molecule has 0 amide bonds. The van der Waals surface area contributed by atoms with Crippen LogP contribution >= 0.6 is 12.2 Å². The van der Waals surface area contributed by atoms with Gasteiger partial charge in [0, 0.05) is 31.7 Å². The van der Waals surface area contributed by atoms with E-state index < -0.39 is 0 Å². The van der Waals surface area contributed by atoms with Crippen LogP contribution in [-0.2, 0) is 13.0 Å². The minimum absolute atomic E-state index is 0.0229. The van der Waals surface area contributed by atoms with Crippen molar-refractivity contribution in [1.29, 1.82) is 0 Å². The van der Waals surface area contributed by atoms with Crippen LogP contribution in [0.3, 0.4) is 0 Å². The molecule has 2 aromatic rings. The fraction of sp³-hybridized carbons (Fsp3) is 0.409. The summed E-state index contributed by atoms with van der Waals surface area (Å²) in [5, 5.41) is 7.04. The third kappa shape index (κ3) is 4.97. The molecular weight excluding hydrogens is 389 g/mol. The summed E-state index contributed by atoms with van der Waals surface area (Å²) in [5.74, 6) is 1.24. The molecule has 0 bridgehead atoms. The van der Waals surface area contributed by atoms with Gasteiger partial charge in [-0.05, 0) is 54.9 Å². The number of halogens is 1. The first-order valence-electron chi connectivity index (χ1n) is 9.81. The molecule has 0 aliphatic carbocycles. The van der Waals surface area contributed by atoms with Crippen molar-refractivity contribution < 1.29 is 13.9 Å². The van der Waals surface area contributed by atoms with E-state index in [4.69, 9.17) is 21.7 Å². The minimum Gasteiger partial charge on any atom is -0.493 e. The van der Waals surface area contributed by atoms with Crippen molar-refractivity contribution in [3.8, 4) is 11.5 Å². The molecule has 1 aliphatic heterocycles. The monoisotopic (exact) mass is 417 g/mol. The SMILES string of the molecule is CCNC(=S)NC[C@H]1c2cc(OC)c(OC)cc2CCN1Cc1ccccc1F. The largest absolute Gasteiger partial charge is 0.493 e. The molecule has 1 aliphatic rings. The van der Waals surface area contributed by atoms with Crippen molar-refractivity contribution in [3.63, 3.8) is 0 Å². The fourth-order valence-electron chi connectivity index (χ4n) is 3.77. The van der Waals surface area contributed by atoms with Gasteiger partial charge in [0.2, 0.25) is 0 Å². The molecule has 156 valence electrons. The number of hydrogen-bond acceptors (Lipinski definition) is 4. The van der Waals surface area contributed by atoms with Crippen LogP contribution in [0.5, 0.6) is 11.5 Å². The predicted octanol–water partition coefficient (Wildman–Crippen LogP) is 3.43. The van der Waals surface area contributed by atoms with Gasteiger partial charge in [0.05, 0.1) is 20.3 Å². The summed E-state index contributed by atoms with van der Waals surface area (Å²) in [6.07, 6.45) is 0.859. The smallest absolute Gasteiger partial charge is 0.166 e. The molecule has 1 atom stereocenters. The van der Waals surface area contributed by atoms with Crippen molar-refractivity contribution in [2.75, 3.05) is 33.9 Å². The number of ether oxygens (including phenoxy) is 2. The van der Waals surface area contributed by atoms with Gasteiger partial charge in [0.1, 0.15) is 5.82 Å². The summed E-state index contributed by atoms with van der Waals surface area (Å²) < 4.78 is 25.3. The van der Waals surface area contributed by atoms with E-state index >= 15 is 0 Å². The molecule has 1 heterocycles. The second kappa shape index (κ2) is 9.89. The number of methoxy groups -OCH3 is 2. The van der Waals surface area contributed by atoms with Crippen LogP contribution in [0.1, 0.15) is 29.7 Å². The van der Waals surface area contributed by atoms with E-state index in [1.165, 1.54) is 11.6 Å². The van der Waals surface area contributed by atoms with Gasteiger partial charge in [-0.25, -0.2) is 4.39 Å². The maximum Gasteiger partial charge on any atom is 0.166 e. The number of thiocarbonyl (C=S) groups is 1. The number of nitrogens with zero attached hydrogens (tertiary/aromatic N) is 1. The van der Waals surface area contributed by atoms with Crippen molar-refractivity contribution in [1.82, 2.24) is 15.5 Å². The number of benzene rings is 2. The highest BCUT2D eigenvalue weighted by atomic mass is 32.1. The van der Waals surface area contributed by atoms with Crippen LogP contribution in [-0.4, -0.2) is 43.9 Å². The van der Waals surface area contributed by atoms with E-state index in [2.05, 4.69) is 15.5 Å². The fourth-order valence-corrected chi connectivity index (χ4v) is 3.99. The van der Waals surface area contributed by atoms with E-state index in [9.17, 15) is 4.39 Å². The second-order valence-corrected chi connectivity index (χ2v) is 7.38. The average molecular weight is 418 g/mol. The van der Waals surface area contributed by atoms with Gasteiger partial charge in [0.25, 0.3) is 0 Å². The summed E-state index contributed by atoms with van der Waals surface area (Å²) in [6.45, 7) is 4.73. The zero-order chi connectivity index (χ0) is 20.8. The lowest BCUT2D eigenvalue weighted by molar-refractivity contribution is 0.174. The molecule has 0 fully saturated rings. The van der Waals surface area contributed by atoms with Crippen LogP contribution in [0, 0.1) is 5.82 Å². The molecule has 0 saturated carbocycles. The number of fused-ring (bicyclic) bond motifs is 1. The molecule has 29 heavy (non-hydrogen) atoms. The van der Waals surface area contributed by atoms with Gasteiger partial charge >= 0.3 is 0 Å². The van der Waals surface area contributed by atoms with Crippen molar-refractivity contribution >= 4 is 17.3 Å². The Bertz CT molecular complexity index is 862. The molecule has 7 heteroatoms. The molecule has 2 aromatic carbocycles. The molecule has 3 rings (SSSR count).